The van der Waals surface area contributed by atoms with E-state index in [1.165, 1.54) is 34.7 Å². The van der Waals surface area contributed by atoms with Crippen LogP contribution in [-0.4, -0.2) is 28.2 Å². The molecule has 1 aliphatic rings. The number of non-ortho nitro benzene ring substituents is 1. The lowest BCUT2D eigenvalue weighted by Gasteiger charge is -2.28. The van der Waals surface area contributed by atoms with Crippen molar-refractivity contribution in [3.63, 3.8) is 0 Å². The van der Waals surface area contributed by atoms with Gasteiger partial charge >= 0.3 is 0 Å². The average Bonchev–Trinajstić information content (AvgIpc) is 3.22. The number of nitrogens with one attached hydrogen (secondary N) is 1. The van der Waals surface area contributed by atoms with Crippen molar-refractivity contribution < 1.29 is 14.5 Å². The molecule has 1 aromatic heterocycles. The van der Waals surface area contributed by atoms with Gasteiger partial charge in [-0.05, 0) is 60.2 Å². The third kappa shape index (κ3) is 3.81. The van der Waals surface area contributed by atoms with E-state index in [2.05, 4.69) is 16.8 Å². The van der Waals surface area contributed by atoms with Crippen LogP contribution in [0.25, 0.3) is 0 Å². The lowest BCUT2D eigenvalue weighted by Crippen LogP contribution is -2.35. The van der Waals surface area contributed by atoms with E-state index in [1.54, 1.807) is 36.5 Å². The molecule has 0 radical (unpaired) electrons. The highest BCUT2D eigenvalue weighted by atomic mass is 32.1. The molecule has 0 bridgehead atoms. The summed E-state index contributed by atoms with van der Waals surface area (Å²) in [7, 11) is 0. The van der Waals surface area contributed by atoms with Crippen molar-refractivity contribution in [2.75, 3.05) is 11.9 Å². The van der Waals surface area contributed by atoms with Gasteiger partial charge in [-0.15, -0.1) is 11.3 Å². The average molecular weight is 421 g/mol. The second-order valence-electron chi connectivity index (χ2n) is 7.08. The van der Waals surface area contributed by atoms with Gasteiger partial charge in [-0.3, -0.25) is 19.7 Å². The predicted octanol–water partition coefficient (Wildman–Crippen LogP) is 4.42. The highest BCUT2D eigenvalue weighted by Crippen LogP contribution is 2.27. The molecule has 0 saturated carbocycles. The Kier molecular flexibility index (Phi) is 5.33. The molecule has 30 heavy (non-hydrogen) atoms. The first-order chi connectivity index (χ1) is 14.4. The molecule has 2 heterocycles. The minimum absolute atomic E-state index is 0.0595. The predicted molar refractivity (Wildman–Crippen MR) is 115 cm³/mol. The van der Waals surface area contributed by atoms with Crippen LogP contribution < -0.4 is 5.32 Å². The number of hydrogen-bond donors (Lipinski definition) is 1. The van der Waals surface area contributed by atoms with E-state index < -0.39 is 10.8 Å². The van der Waals surface area contributed by atoms with E-state index >= 15 is 0 Å². The van der Waals surface area contributed by atoms with E-state index in [-0.39, 0.29) is 11.6 Å². The van der Waals surface area contributed by atoms with Gasteiger partial charge in [0.1, 0.15) is 0 Å². The molecule has 0 saturated heterocycles. The summed E-state index contributed by atoms with van der Waals surface area (Å²) in [5.74, 6) is -0.450. The zero-order valence-corrected chi connectivity index (χ0v) is 17.1. The first kappa shape index (κ1) is 19.8. The number of fused-ring (bicyclic) bond motifs is 1. The molecule has 152 valence electrons. The molecule has 4 rings (SSSR count). The molecule has 7 nitrogen and oxygen atoms in total. The quantitative estimate of drug-likeness (QED) is 0.499. The maximum Gasteiger partial charge on any atom is 0.269 e. The van der Waals surface area contributed by atoms with Crippen molar-refractivity contribution in [1.82, 2.24) is 4.90 Å². The Morgan fingerprint density at radius 1 is 1.13 bits per heavy atom. The molecule has 8 heteroatoms. The molecule has 2 aromatic carbocycles. The second-order valence-corrected chi connectivity index (χ2v) is 8.08. The highest BCUT2D eigenvalue weighted by Gasteiger charge is 2.24. The lowest BCUT2D eigenvalue weighted by molar-refractivity contribution is -0.384. The van der Waals surface area contributed by atoms with Gasteiger partial charge in [-0.1, -0.05) is 6.07 Å². The molecule has 0 spiro atoms. The fourth-order valence-corrected chi connectivity index (χ4v) is 4.41. The van der Waals surface area contributed by atoms with Gasteiger partial charge in [0, 0.05) is 46.9 Å². The number of benzene rings is 2. The van der Waals surface area contributed by atoms with E-state index in [0.717, 1.165) is 6.42 Å². The standard InChI is InChI=1S/C22H19N3O4S/c1-14-18(22(27)24-11-9-20-16(13-24)10-12-30-20)3-2-4-19(14)23-21(26)15-5-7-17(8-6-15)25(28)29/h2-8,10,12H,9,11,13H2,1H3,(H,23,26). The van der Waals surface area contributed by atoms with Crippen molar-refractivity contribution in [2.24, 2.45) is 0 Å². The van der Waals surface area contributed by atoms with Crippen LogP contribution in [0.15, 0.2) is 53.9 Å². The van der Waals surface area contributed by atoms with Crippen molar-refractivity contribution in [3.05, 3.63) is 91.2 Å². The molecular weight excluding hydrogens is 402 g/mol. The summed E-state index contributed by atoms with van der Waals surface area (Å²) >= 11 is 1.72. The van der Waals surface area contributed by atoms with Crippen LogP contribution in [0.4, 0.5) is 11.4 Å². The Balaban J connectivity index is 1.52. The van der Waals surface area contributed by atoms with Gasteiger partial charge in [0.25, 0.3) is 17.5 Å². The minimum atomic E-state index is -0.513. The first-order valence-electron chi connectivity index (χ1n) is 9.44. The number of anilines is 1. The number of carbonyl (C=O) groups is 2. The monoisotopic (exact) mass is 421 g/mol. The van der Waals surface area contributed by atoms with Gasteiger partial charge in [0.2, 0.25) is 0 Å². The smallest absolute Gasteiger partial charge is 0.269 e. The van der Waals surface area contributed by atoms with Crippen LogP contribution in [0.2, 0.25) is 0 Å². The van der Waals surface area contributed by atoms with Gasteiger partial charge in [0.05, 0.1) is 4.92 Å². The maximum atomic E-state index is 13.1. The SMILES string of the molecule is Cc1c(NC(=O)c2ccc([N+](=O)[O-])cc2)cccc1C(=O)N1CCc2sccc2C1. The number of nitro groups is 1. The summed E-state index contributed by atoms with van der Waals surface area (Å²) in [6, 6.07) is 12.7. The number of nitrogens with zero attached hydrogens (tertiary/aromatic N) is 2. The first-order valence-corrected chi connectivity index (χ1v) is 10.3. The number of thiophene rings is 1. The number of hydrogen-bond acceptors (Lipinski definition) is 5. The number of amides is 2. The van der Waals surface area contributed by atoms with Crippen LogP contribution in [0.1, 0.15) is 36.7 Å². The molecular formula is C22H19N3O4S. The fourth-order valence-electron chi connectivity index (χ4n) is 3.52. The largest absolute Gasteiger partial charge is 0.334 e. The van der Waals surface area contributed by atoms with Crippen molar-refractivity contribution in [2.45, 2.75) is 19.9 Å². The summed E-state index contributed by atoms with van der Waals surface area (Å²) in [6.45, 7) is 3.07. The van der Waals surface area contributed by atoms with E-state index in [9.17, 15) is 19.7 Å². The molecule has 2 amide bonds. The molecule has 0 unspecified atom stereocenters. The molecule has 0 fully saturated rings. The minimum Gasteiger partial charge on any atom is -0.334 e. The number of carbonyl (C=O) groups excluding carboxylic acids is 2. The van der Waals surface area contributed by atoms with Crippen LogP contribution in [0.5, 0.6) is 0 Å². The number of nitro benzene ring substituents is 1. The van der Waals surface area contributed by atoms with Crippen molar-refractivity contribution >= 4 is 34.5 Å². The molecule has 0 atom stereocenters. The number of rotatable bonds is 4. The summed E-state index contributed by atoms with van der Waals surface area (Å²) in [4.78, 5) is 39.1. The zero-order chi connectivity index (χ0) is 21.3. The summed E-state index contributed by atoms with van der Waals surface area (Å²) in [6.07, 6.45) is 0.856. The Morgan fingerprint density at radius 3 is 2.63 bits per heavy atom. The normalized spacial score (nSPS) is 12.9. The van der Waals surface area contributed by atoms with Gasteiger partial charge in [0.15, 0.2) is 0 Å². The Labute approximate surface area is 177 Å². The maximum absolute atomic E-state index is 13.1. The highest BCUT2D eigenvalue weighted by molar-refractivity contribution is 7.10. The topological polar surface area (TPSA) is 92.5 Å². The Morgan fingerprint density at radius 2 is 1.90 bits per heavy atom. The van der Waals surface area contributed by atoms with E-state index in [1.807, 2.05) is 4.90 Å². The third-order valence-corrected chi connectivity index (χ3v) is 6.27. The Hall–Kier alpha value is -3.52. The molecule has 1 N–H and O–H groups in total. The van der Waals surface area contributed by atoms with Gasteiger partial charge in [-0.2, -0.15) is 0 Å². The van der Waals surface area contributed by atoms with Crippen LogP contribution >= 0.6 is 11.3 Å². The summed E-state index contributed by atoms with van der Waals surface area (Å²) < 4.78 is 0. The molecule has 0 aliphatic carbocycles. The van der Waals surface area contributed by atoms with Crippen LogP contribution in [-0.2, 0) is 13.0 Å². The fraction of sp³-hybridized carbons (Fsp3) is 0.182. The molecule has 1 aliphatic heterocycles. The molecule has 3 aromatic rings. The van der Waals surface area contributed by atoms with Gasteiger partial charge in [-0.25, -0.2) is 0 Å². The summed E-state index contributed by atoms with van der Waals surface area (Å²) in [5, 5.41) is 15.6. The van der Waals surface area contributed by atoms with Crippen molar-refractivity contribution in [3.8, 4) is 0 Å². The Bertz CT molecular complexity index is 1140. The second kappa shape index (κ2) is 8.08. The van der Waals surface area contributed by atoms with E-state index in [4.69, 9.17) is 0 Å². The lowest BCUT2D eigenvalue weighted by atomic mass is 10.0. The zero-order valence-electron chi connectivity index (χ0n) is 16.3. The van der Waals surface area contributed by atoms with E-state index in [0.29, 0.717) is 35.5 Å². The van der Waals surface area contributed by atoms with Gasteiger partial charge < -0.3 is 10.2 Å². The van der Waals surface area contributed by atoms with Crippen LogP contribution in [0, 0.1) is 17.0 Å². The van der Waals surface area contributed by atoms with Crippen LogP contribution in [0.3, 0.4) is 0 Å². The van der Waals surface area contributed by atoms with Crippen molar-refractivity contribution in [1.29, 1.82) is 0 Å². The third-order valence-electron chi connectivity index (χ3n) is 5.25. The summed E-state index contributed by atoms with van der Waals surface area (Å²) in [5.41, 5.74) is 3.20.